The maximum Gasteiger partial charge on any atom is 0.319 e. The van der Waals surface area contributed by atoms with Crippen LogP contribution in [-0.4, -0.2) is 54.3 Å². The number of likely N-dealkylation sites (tertiary alicyclic amines) is 1. The number of piperidine rings is 1. The second kappa shape index (κ2) is 9.07. The third-order valence-electron chi connectivity index (χ3n) is 4.41. The zero-order valence-electron chi connectivity index (χ0n) is 15.6. The van der Waals surface area contributed by atoms with Crippen molar-refractivity contribution in [2.45, 2.75) is 25.5 Å². The van der Waals surface area contributed by atoms with Crippen LogP contribution in [0.5, 0.6) is 17.6 Å². The molecule has 27 heavy (non-hydrogen) atoms. The first-order chi connectivity index (χ1) is 13.2. The lowest BCUT2D eigenvalue weighted by Crippen LogP contribution is -2.46. The Hall–Kier alpha value is -3.03. The van der Waals surface area contributed by atoms with Crippen LogP contribution in [0.1, 0.15) is 18.4 Å². The summed E-state index contributed by atoms with van der Waals surface area (Å²) in [6.07, 6.45) is 3.13. The third-order valence-corrected chi connectivity index (χ3v) is 4.41. The first kappa shape index (κ1) is 18.8. The standard InChI is InChI=1S/C19H24N4O4/c1-25-15-5-3-14(4-6-15)13-21-19(24)23-11-8-16(9-12-23)27-17-7-10-20-18(22-17)26-2/h3-7,10,16H,8-9,11-13H2,1-2H3,(H,21,24). The van der Waals surface area contributed by atoms with E-state index < -0.39 is 0 Å². The molecule has 2 aromatic rings. The first-order valence-electron chi connectivity index (χ1n) is 8.87. The number of aromatic nitrogens is 2. The van der Waals surface area contributed by atoms with Crippen molar-refractivity contribution in [3.63, 3.8) is 0 Å². The molecule has 2 heterocycles. The molecule has 0 aliphatic carbocycles. The molecule has 2 amide bonds. The molecule has 3 rings (SSSR count). The minimum absolute atomic E-state index is 0.0234. The Morgan fingerprint density at radius 1 is 1.15 bits per heavy atom. The Labute approximate surface area is 158 Å². The fraction of sp³-hybridized carbons (Fsp3) is 0.421. The van der Waals surface area contributed by atoms with Gasteiger partial charge in [-0.15, -0.1) is 0 Å². The molecule has 1 aromatic heterocycles. The van der Waals surface area contributed by atoms with E-state index in [1.54, 1.807) is 19.4 Å². The number of urea groups is 1. The molecule has 1 aliphatic rings. The summed E-state index contributed by atoms with van der Waals surface area (Å²) in [5.41, 5.74) is 1.03. The number of amides is 2. The van der Waals surface area contributed by atoms with Crippen LogP contribution in [0.2, 0.25) is 0 Å². The molecule has 1 aromatic carbocycles. The van der Waals surface area contributed by atoms with E-state index in [2.05, 4.69) is 15.3 Å². The van der Waals surface area contributed by atoms with Gasteiger partial charge in [0, 0.05) is 44.7 Å². The maximum atomic E-state index is 12.4. The maximum absolute atomic E-state index is 12.4. The number of carbonyl (C=O) groups excluding carboxylic acids is 1. The Kier molecular flexibility index (Phi) is 6.30. The minimum atomic E-state index is -0.0621. The number of hydrogen-bond acceptors (Lipinski definition) is 6. The lowest BCUT2D eigenvalue weighted by Gasteiger charge is -2.32. The fourth-order valence-corrected chi connectivity index (χ4v) is 2.87. The van der Waals surface area contributed by atoms with Gasteiger partial charge in [-0.25, -0.2) is 9.78 Å². The van der Waals surface area contributed by atoms with Crippen LogP contribution in [0.3, 0.4) is 0 Å². The molecule has 0 radical (unpaired) electrons. The predicted octanol–water partition coefficient (Wildman–Crippen LogP) is 2.25. The van der Waals surface area contributed by atoms with E-state index >= 15 is 0 Å². The molecule has 0 atom stereocenters. The first-order valence-corrected chi connectivity index (χ1v) is 8.87. The van der Waals surface area contributed by atoms with E-state index in [0.29, 0.717) is 25.5 Å². The smallest absolute Gasteiger partial charge is 0.319 e. The summed E-state index contributed by atoms with van der Waals surface area (Å²) >= 11 is 0. The van der Waals surface area contributed by atoms with E-state index in [0.717, 1.165) is 24.2 Å². The quantitative estimate of drug-likeness (QED) is 0.837. The van der Waals surface area contributed by atoms with E-state index in [1.165, 1.54) is 7.11 Å². The van der Waals surface area contributed by atoms with Crippen molar-refractivity contribution in [1.82, 2.24) is 20.2 Å². The van der Waals surface area contributed by atoms with E-state index in [1.807, 2.05) is 29.2 Å². The molecule has 1 N–H and O–H groups in total. The molecule has 1 fully saturated rings. The molecule has 0 unspecified atom stereocenters. The van der Waals surface area contributed by atoms with Gasteiger partial charge in [0.15, 0.2) is 0 Å². The number of benzene rings is 1. The SMILES string of the molecule is COc1ccc(CNC(=O)N2CCC(Oc3ccnc(OC)n3)CC2)cc1. The van der Waals surface area contributed by atoms with Crippen LogP contribution >= 0.6 is 0 Å². The monoisotopic (exact) mass is 372 g/mol. The highest BCUT2D eigenvalue weighted by Crippen LogP contribution is 2.18. The fourth-order valence-electron chi connectivity index (χ4n) is 2.87. The third kappa shape index (κ3) is 5.22. The summed E-state index contributed by atoms with van der Waals surface area (Å²) in [6, 6.07) is 9.57. The summed E-state index contributed by atoms with van der Waals surface area (Å²) in [7, 11) is 3.15. The van der Waals surface area contributed by atoms with Gasteiger partial charge in [0.1, 0.15) is 11.9 Å². The van der Waals surface area contributed by atoms with Gasteiger partial charge in [-0.1, -0.05) is 12.1 Å². The predicted molar refractivity (Wildman–Crippen MR) is 99.0 cm³/mol. The van der Waals surface area contributed by atoms with E-state index in [-0.39, 0.29) is 18.1 Å². The van der Waals surface area contributed by atoms with Crippen LogP contribution < -0.4 is 19.5 Å². The van der Waals surface area contributed by atoms with E-state index in [4.69, 9.17) is 14.2 Å². The van der Waals surface area contributed by atoms with E-state index in [9.17, 15) is 4.79 Å². The summed E-state index contributed by atoms with van der Waals surface area (Å²) in [6.45, 7) is 1.77. The molecule has 0 spiro atoms. The topological polar surface area (TPSA) is 85.8 Å². The highest BCUT2D eigenvalue weighted by Gasteiger charge is 2.24. The van der Waals surface area contributed by atoms with Crippen molar-refractivity contribution in [2.24, 2.45) is 0 Å². The van der Waals surface area contributed by atoms with Crippen molar-refractivity contribution < 1.29 is 19.0 Å². The molecule has 1 aliphatic heterocycles. The zero-order valence-corrected chi connectivity index (χ0v) is 15.6. The van der Waals surface area contributed by atoms with Crippen LogP contribution in [0.25, 0.3) is 0 Å². The van der Waals surface area contributed by atoms with Crippen molar-refractivity contribution >= 4 is 6.03 Å². The summed E-state index contributed by atoms with van der Waals surface area (Å²) in [5.74, 6) is 1.29. The Morgan fingerprint density at radius 2 is 1.89 bits per heavy atom. The van der Waals surface area contributed by atoms with Gasteiger partial charge in [-0.2, -0.15) is 4.98 Å². The zero-order chi connectivity index (χ0) is 19.1. The van der Waals surface area contributed by atoms with Crippen LogP contribution in [-0.2, 0) is 6.54 Å². The molecule has 0 bridgehead atoms. The second-order valence-electron chi connectivity index (χ2n) is 6.19. The van der Waals surface area contributed by atoms with Gasteiger partial charge in [-0.05, 0) is 17.7 Å². The average molecular weight is 372 g/mol. The summed E-state index contributed by atoms with van der Waals surface area (Å²) < 4.78 is 16.0. The number of methoxy groups -OCH3 is 2. The van der Waals surface area contributed by atoms with Crippen molar-refractivity contribution in [3.8, 4) is 17.6 Å². The highest BCUT2D eigenvalue weighted by atomic mass is 16.5. The number of ether oxygens (including phenoxy) is 3. The van der Waals surface area contributed by atoms with Crippen LogP contribution in [0, 0.1) is 0 Å². The molecular weight excluding hydrogens is 348 g/mol. The van der Waals surface area contributed by atoms with Crippen molar-refractivity contribution in [3.05, 3.63) is 42.1 Å². The summed E-state index contributed by atoms with van der Waals surface area (Å²) in [4.78, 5) is 22.3. The van der Waals surface area contributed by atoms with Gasteiger partial charge in [0.25, 0.3) is 0 Å². The molecule has 0 saturated carbocycles. The molecule has 8 nitrogen and oxygen atoms in total. The Morgan fingerprint density at radius 3 is 2.56 bits per heavy atom. The number of nitrogens with one attached hydrogen (secondary N) is 1. The van der Waals surface area contributed by atoms with Crippen molar-refractivity contribution in [2.75, 3.05) is 27.3 Å². The molecule has 1 saturated heterocycles. The van der Waals surface area contributed by atoms with Gasteiger partial charge in [-0.3, -0.25) is 0 Å². The number of nitrogens with zero attached hydrogens (tertiary/aromatic N) is 3. The highest BCUT2D eigenvalue weighted by molar-refractivity contribution is 5.74. The largest absolute Gasteiger partial charge is 0.497 e. The molecular formula is C19H24N4O4. The van der Waals surface area contributed by atoms with Gasteiger partial charge < -0.3 is 24.4 Å². The van der Waals surface area contributed by atoms with Crippen molar-refractivity contribution in [1.29, 1.82) is 0 Å². The minimum Gasteiger partial charge on any atom is -0.497 e. The average Bonchev–Trinajstić information content (AvgIpc) is 2.73. The number of rotatable bonds is 6. The number of hydrogen-bond donors (Lipinski definition) is 1. The number of carbonyl (C=O) groups is 1. The lowest BCUT2D eigenvalue weighted by atomic mass is 10.1. The van der Waals surface area contributed by atoms with Gasteiger partial charge in [0.2, 0.25) is 5.88 Å². The molecule has 8 heteroatoms. The lowest BCUT2D eigenvalue weighted by molar-refractivity contribution is 0.106. The Bertz CT molecular complexity index is 746. The van der Waals surface area contributed by atoms with Crippen LogP contribution in [0.15, 0.2) is 36.5 Å². The van der Waals surface area contributed by atoms with Gasteiger partial charge >= 0.3 is 12.0 Å². The second-order valence-corrected chi connectivity index (χ2v) is 6.19. The normalized spacial score (nSPS) is 14.5. The van der Waals surface area contributed by atoms with Gasteiger partial charge in [0.05, 0.1) is 14.2 Å². The van der Waals surface area contributed by atoms with Crippen LogP contribution in [0.4, 0.5) is 4.79 Å². The Balaban J connectivity index is 1.43. The molecule has 144 valence electrons. The summed E-state index contributed by atoms with van der Waals surface area (Å²) in [5, 5.41) is 2.95.